The molecule has 0 N–H and O–H groups in total. The maximum atomic E-state index is 12.0. The van der Waals surface area contributed by atoms with E-state index in [1.54, 1.807) is 0 Å². The number of allylic oxidation sites excluding steroid dienone is 2. The van der Waals surface area contributed by atoms with E-state index in [-0.39, 0.29) is 0 Å². The summed E-state index contributed by atoms with van der Waals surface area (Å²) in [5.74, 6) is -5.96. The van der Waals surface area contributed by atoms with E-state index in [0.29, 0.717) is 0 Å². The topological polar surface area (TPSA) is 0 Å². The standard InChI is InChI=1S/C6H2F10/c7-3(8)2(5(11,12)13)1-4(9,10)6(14,15)16/h1,3H. The molecule has 0 aromatic heterocycles. The molecule has 0 aromatic rings. The van der Waals surface area contributed by atoms with Crippen LogP contribution in [0, 0.1) is 0 Å². The third kappa shape index (κ3) is 3.56. The van der Waals surface area contributed by atoms with Gasteiger partial charge in [0.2, 0.25) is 0 Å². The van der Waals surface area contributed by atoms with Crippen LogP contribution in [0.4, 0.5) is 43.9 Å². The van der Waals surface area contributed by atoms with Crippen LogP contribution in [0.25, 0.3) is 0 Å². The van der Waals surface area contributed by atoms with E-state index < -0.39 is 36.3 Å². The molecule has 96 valence electrons. The first-order valence-corrected chi connectivity index (χ1v) is 3.31. The summed E-state index contributed by atoms with van der Waals surface area (Å²) >= 11 is 0. The molecule has 0 radical (unpaired) electrons. The monoisotopic (exact) mass is 264 g/mol. The molecule has 0 bridgehead atoms. The van der Waals surface area contributed by atoms with E-state index in [2.05, 4.69) is 0 Å². The van der Waals surface area contributed by atoms with Crippen LogP contribution in [-0.4, -0.2) is 24.7 Å². The molecule has 0 aliphatic carbocycles. The molecule has 16 heavy (non-hydrogen) atoms. The first-order valence-electron chi connectivity index (χ1n) is 3.31. The molecule has 10 heteroatoms. The second-order valence-corrected chi connectivity index (χ2v) is 2.52. The van der Waals surface area contributed by atoms with Crippen molar-refractivity contribution in [2.75, 3.05) is 0 Å². The van der Waals surface area contributed by atoms with Gasteiger partial charge in [-0.2, -0.15) is 35.1 Å². The maximum Gasteiger partial charge on any atom is 0.457 e. The van der Waals surface area contributed by atoms with Crippen LogP contribution in [0.2, 0.25) is 0 Å². The predicted octanol–water partition coefficient (Wildman–Crippen LogP) is 3.94. The van der Waals surface area contributed by atoms with Crippen molar-refractivity contribution in [1.29, 1.82) is 0 Å². The molecule has 0 saturated carbocycles. The SMILES string of the molecule is FC(F)C(=CC(F)(F)C(F)(F)F)C(F)(F)F. The Bertz CT molecular complexity index is 266. The van der Waals surface area contributed by atoms with Crippen LogP contribution in [0.15, 0.2) is 11.6 Å². The molecular formula is C6H2F10. The third-order valence-corrected chi connectivity index (χ3v) is 1.28. The largest absolute Gasteiger partial charge is 0.457 e. The zero-order valence-corrected chi connectivity index (χ0v) is 6.93. The molecule has 0 heterocycles. The zero-order chi connectivity index (χ0) is 13.4. The summed E-state index contributed by atoms with van der Waals surface area (Å²) in [5, 5.41) is 0. The van der Waals surface area contributed by atoms with E-state index in [0.717, 1.165) is 0 Å². The Hall–Kier alpha value is -0.960. The van der Waals surface area contributed by atoms with E-state index in [9.17, 15) is 43.9 Å². The fraction of sp³-hybridized carbons (Fsp3) is 0.667. The molecule has 0 fully saturated rings. The van der Waals surface area contributed by atoms with Crippen molar-refractivity contribution < 1.29 is 43.9 Å². The highest BCUT2D eigenvalue weighted by molar-refractivity contribution is 5.17. The molecule has 0 aliphatic rings. The van der Waals surface area contributed by atoms with Gasteiger partial charge in [-0.15, -0.1) is 0 Å². The lowest BCUT2D eigenvalue weighted by Crippen LogP contribution is -2.36. The minimum Gasteiger partial charge on any atom is -0.205 e. The number of rotatable bonds is 2. The summed E-state index contributed by atoms with van der Waals surface area (Å²) < 4.78 is 117. The van der Waals surface area contributed by atoms with Crippen LogP contribution in [0.3, 0.4) is 0 Å². The van der Waals surface area contributed by atoms with Crippen molar-refractivity contribution in [2.24, 2.45) is 0 Å². The minimum atomic E-state index is -6.36. The Morgan fingerprint density at radius 2 is 1.19 bits per heavy atom. The highest BCUT2D eigenvalue weighted by atomic mass is 19.4. The molecule has 0 amide bonds. The summed E-state index contributed by atoms with van der Waals surface area (Å²) in [5.41, 5.74) is -3.23. The lowest BCUT2D eigenvalue weighted by atomic mass is 10.2. The Kier molecular flexibility index (Phi) is 3.88. The van der Waals surface area contributed by atoms with E-state index in [4.69, 9.17) is 0 Å². The van der Waals surface area contributed by atoms with E-state index in [1.807, 2.05) is 0 Å². The molecule has 0 aromatic carbocycles. The smallest absolute Gasteiger partial charge is 0.205 e. The van der Waals surface area contributed by atoms with Gasteiger partial charge >= 0.3 is 18.3 Å². The first-order chi connectivity index (χ1) is 6.79. The zero-order valence-electron chi connectivity index (χ0n) is 6.93. The second-order valence-electron chi connectivity index (χ2n) is 2.52. The molecule has 0 rings (SSSR count). The molecule has 0 aliphatic heterocycles. The lowest BCUT2D eigenvalue weighted by Gasteiger charge is -2.18. The molecule has 0 atom stereocenters. The van der Waals surface area contributed by atoms with Gasteiger partial charge in [-0.1, -0.05) is 0 Å². The van der Waals surface area contributed by atoms with Crippen LogP contribution in [-0.2, 0) is 0 Å². The number of halogens is 10. The van der Waals surface area contributed by atoms with Crippen LogP contribution < -0.4 is 0 Å². The Morgan fingerprint density at radius 1 is 0.812 bits per heavy atom. The predicted molar refractivity (Wildman–Crippen MR) is 31.1 cm³/mol. The van der Waals surface area contributed by atoms with Crippen LogP contribution in [0.1, 0.15) is 0 Å². The average Bonchev–Trinajstić information content (AvgIpc) is 1.95. The normalized spacial score (nSPS) is 15.8. The van der Waals surface area contributed by atoms with Crippen molar-refractivity contribution in [2.45, 2.75) is 24.7 Å². The fourth-order valence-electron chi connectivity index (χ4n) is 0.546. The van der Waals surface area contributed by atoms with Gasteiger partial charge in [0.1, 0.15) is 5.57 Å². The van der Waals surface area contributed by atoms with Gasteiger partial charge < -0.3 is 0 Å². The van der Waals surface area contributed by atoms with Gasteiger partial charge in [-0.25, -0.2) is 8.78 Å². The number of hydrogen-bond acceptors (Lipinski definition) is 0. The number of hydrogen-bond donors (Lipinski definition) is 0. The Morgan fingerprint density at radius 3 is 1.38 bits per heavy atom. The molecule has 0 spiro atoms. The Balaban J connectivity index is 5.41. The lowest BCUT2D eigenvalue weighted by molar-refractivity contribution is -0.260. The van der Waals surface area contributed by atoms with Gasteiger partial charge in [-0.05, 0) is 0 Å². The van der Waals surface area contributed by atoms with Gasteiger partial charge in [0.25, 0.3) is 6.43 Å². The van der Waals surface area contributed by atoms with E-state index >= 15 is 0 Å². The maximum absolute atomic E-state index is 12.0. The van der Waals surface area contributed by atoms with Crippen molar-refractivity contribution in [3.05, 3.63) is 11.6 Å². The Labute approximate surface area is 81.5 Å². The van der Waals surface area contributed by atoms with Crippen molar-refractivity contribution in [3.8, 4) is 0 Å². The highest BCUT2D eigenvalue weighted by Crippen LogP contribution is 2.41. The summed E-state index contributed by atoms with van der Waals surface area (Å²) in [7, 11) is 0. The van der Waals surface area contributed by atoms with Crippen molar-refractivity contribution in [3.63, 3.8) is 0 Å². The van der Waals surface area contributed by atoms with Gasteiger partial charge in [0, 0.05) is 6.08 Å². The van der Waals surface area contributed by atoms with Crippen LogP contribution >= 0.6 is 0 Å². The fourth-order valence-corrected chi connectivity index (χ4v) is 0.546. The number of alkyl halides is 10. The van der Waals surface area contributed by atoms with Crippen molar-refractivity contribution >= 4 is 0 Å². The first kappa shape index (κ1) is 15.0. The summed E-state index contributed by atoms with van der Waals surface area (Å²) in [6.07, 6.45) is -18.6. The van der Waals surface area contributed by atoms with Crippen molar-refractivity contribution in [1.82, 2.24) is 0 Å². The second kappa shape index (κ2) is 4.13. The molecule has 0 unspecified atom stereocenters. The third-order valence-electron chi connectivity index (χ3n) is 1.28. The minimum absolute atomic E-state index is 1.82. The van der Waals surface area contributed by atoms with E-state index in [1.165, 1.54) is 0 Å². The van der Waals surface area contributed by atoms with Gasteiger partial charge in [-0.3, -0.25) is 0 Å². The van der Waals surface area contributed by atoms with Gasteiger partial charge in [0.05, 0.1) is 0 Å². The highest BCUT2D eigenvalue weighted by Gasteiger charge is 2.58. The summed E-state index contributed by atoms with van der Waals surface area (Å²) in [6.45, 7) is 0. The summed E-state index contributed by atoms with van der Waals surface area (Å²) in [6, 6.07) is 0. The molecule has 0 saturated heterocycles. The van der Waals surface area contributed by atoms with Gasteiger partial charge in [0.15, 0.2) is 0 Å². The average molecular weight is 264 g/mol. The summed E-state index contributed by atoms with van der Waals surface area (Å²) in [4.78, 5) is 0. The van der Waals surface area contributed by atoms with Crippen LogP contribution in [0.5, 0.6) is 0 Å². The molecular weight excluding hydrogens is 262 g/mol. The molecule has 0 nitrogen and oxygen atoms in total. The quantitative estimate of drug-likeness (QED) is 0.523.